The van der Waals surface area contributed by atoms with E-state index < -0.39 is 0 Å². The summed E-state index contributed by atoms with van der Waals surface area (Å²) in [7, 11) is 0. The van der Waals surface area contributed by atoms with Gasteiger partial charge in [0.25, 0.3) is 5.91 Å². The summed E-state index contributed by atoms with van der Waals surface area (Å²) in [6, 6.07) is 3.71. The zero-order valence-electron chi connectivity index (χ0n) is 15.3. The summed E-state index contributed by atoms with van der Waals surface area (Å²) in [5.41, 5.74) is 0.605. The molecule has 0 bridgehead atoms. The van der Waals surface area contributed by atoms with Gasteiger partial charge in [0.2, 0.25) is 0 Å². The van der Waals surface area contributed by atoms with E-state index in [9.17, 15) is 9.59 Å². The number of carbonyl (C=O) groups excluding carboxylic acids is 2. The van der Waals surface area contributed by atoms with Crippen LogP contribution in [0.15, 0.2) is 18.3 Å². The SMILES string of the molecule is CC(C)CC(=O)[C@H]1CCCN(C(=O)c2ccc(NCC3CC3)nc2)C1. The molecule has 0 aromatic carbocycles. The molecule has 1 saturated heterocycles. The summed E-state index contributed by atoms with van der Waals surface area (Å²) >= 11 is 0. The number of amides is 1. The predicted octanol–water partition coefficient (Wildman–Crippen LogP) is 3.37. The Labute approximate surface area is 150 Å². The van der Waals surface area contributed by atoms with E-state index in [0.717, 1.165) is 37.7 Å². The van der Waals surface area contributed by atoms with Gasteiger partial charge in [-0.05, 0) is 49.7 Å². The molecule has 2 fully saturated rings. The minimum absolute atomic E-state index is 0.00691. The van der Waals surface area contributed by atoms with E-state index in [-0.39, 0.29) is 11.8 Å². The monoisotopic (exact) mass is 343 g/mol. The highest BCUT2D eigenvalue weighted by Gasteiger charge is 2.29. The van der Waals surface area contributed by atoms with Crippen LogP contribution in [-0.2, 0) is 4.79 Å². The summed E-state index contributed by atoms with van der Waals surface area (Å²) < 4.78 is 0. The number of rotatable bonds is 7. The second kappa shape index (κ2) is 7.98. The van der Waals surface area contributed by atoms with Gasteiger partial charge < -0.3 is 10.2 Å². The Morgan fingerprint density at radius 1 is 1.28 bits per heavy atom. The zero-order valence-corrected chi connectivity index (χ0v) is 15.3. The summed E-state index contributed by atoms with van der Waals surface area (Å²) in [6.45, 7) is 6.37. The van der Waals surface area contributed by atoms with Crippen molar-refractivity contribution in [2.24, 2.45) is 17.8 Å². The van der Waals surface area contributed by atoms with Crippen molar-refractivity contribution in [2.75, 3.05) is 25.0 Å². The van der Waals surface area contributed by atoms with E-state index in [4.69, 9.17) is 0 Å². The van der Waals surface area contributed by atoms with E-state index >= 15 is 0 Å². The third-order valence-corrected chi connectivity index (χ3v) is 5.05. The number of carbonyl (C=O) groups is 2. The average Bonchev–Trinajstić information content (AvgIpc) is 3.44. The number of anilines is 1. The largest absolute Gasteiger partial charge is 0.370 e. The maximum atomic E-state index is 12.7. The molecule has 0 radical (unpaired) electrons. The first kappa shape index (κ1) is 17.9. The van der Waals surface area contributed by atoms with Crippen molar-refractivity contribution in [1.29, 1.82) is 0 Å². The van der Waals surface area contributed by atoms with E-state index in [1.54, 1.807) is 6.20 Å². The molecule has 1 aliphatic heterocycles. The van der Waals surface area contributed by atoms with Gasteiger partial charge in [0, 0.05) is 38.2 Å². The molecule has 0 unspecified atom stereocenters. The van der Waals surface area contributed by atoms with Crippen LogP contribution in [-0.4, -0.2) is 41.2 Å². The highest BCUT2D eigenvalue weighted by Crippen LogP contribution is 2.28. The standard InChI is InChI=1S/C20H29N3O2/c1-14(2)10-18(24)17-4-3-9-23(13-17)20(25)16-7-8-19(22-12-16)21-11-15-5-6-15/h7-8,12,14-15,17H,3-6,9-11,13H2,1-2H3,(H,21,22)/t17-/m0/s1. The van der Waals surface area contributed by atoms with E-state index in [1.807, 2.05) is 17.0 Å². The molecule has 1 atom stereocenters. The molecule has 1 aromatic rings. The lowest BCUT2D eigenvalue weighted by Gasteiger charge is -2.32. The van der Waals surface area contributed by atoms with E-state index in [0.29, 0.717) is 30.2 Å². The Morgan fingerprint density at radius 2 is 2.08 bits per heavy atom. The topological polar surface area (TPSA) is 62.3 Å². The second-order valence-corrected chi connectivity index (χ2v) is 7.91. The van der Waals surface area contributed by atoms with Gasteiger partial charge in [0.1, 0.15) is 11.6 Å². The van der Waals surface area contributed by atoms with Crippen molar-refractivity contribution in [3.8, 4) is 0 Å². The minimum atomic E-state index is -0.0108. The van der Waals surface area contributed by atoms with Gasteiger partial charge >= 0.3 is 0 Å². The number of pyridine rings is 1. The number of Topliss-reactive ketones (excluding diaryl/α,β-unsaturated/α-hetero) is 1. The van der Waals surface area contributed by atoms with Crippen molar-refractivity contribution < 1.29 is 9.59 Å². The third-order valence-electron chi connectivity index (χ3n) is 5.05. The maximum absolute atomic E-state index is 12.7. The predicted molar refractivity (Wildman–Crippen MR) is 98.5 cm³/mol. The molecule has 5 nitrogen and oxygen atoms in total. The minimum Gasteiger partial charge on any atom is -0.370 e. The molecule has 5 heteroatoms. The van der Waals surface area contributed by atoms with Crippen molar-refractivity contribution in [2.45, 2.75) is 46.0 Å². The van der Waals surface area contributed by atoms with Gasteiger partial charge in [-0.25, -0.2) is 4.98 Å². The van der Waals surface area contributed by atoms with Gasteiger partial charge in [-0.15, -0.1) is 0 Å². The second-order valence-electron chi connectivity index (χ2n) is 7.91. The molecular formula is C20H29N3O2. The Hall–Kier alpha value is -1.91. The van der Waals surface area contributed by atoms with Crippen molar-refractivity contribution in [1.82, 2.24) is 9.88 Å². The van der Waals surface area contributed by atoms with Crippen LogP contribution in [0.5, 0.6) is 0 Å². The van der Waals surface area contributed by atoms with Gasteiger partial charge in [-0.2, -0.15) is 0 Å². The Bertz CT molecular complexity index is 608. The van der Waals surface area contributed by atoms with Crippen LogP contribution in [0, 0.1) is 17.8 Å². The summed E-state index contributed by atoms with van der Waals surface area (Å²) in [5.74, 6) is 2.27. The first-order valence-electron chi connectivity index (χ1n) is 9.55. The highest BCUT2D eigenvalue weighted by molar-refractivity contribution is 5.94. The molecule has 1 amide bonds. The van der Waals surface area contributed by atoms with Crippen molar-refractivity contribution in [3.05, 3.63) is 23.9 Å². The number of ketones is 1. The van der Waals surface area contributed by atoms with Crippen LogP contribution in [0.3, 0.4) is 0 Å². The molecule has 1 aliphatic carbocycles. The summed E-state index contributed by atoms with van der Waals surface area (Å²) in [4.78, 5) is 31.2. The molecule has 136 valence electrons. The van der Waals surface area contributed by atoms with Gasteiger partial charge in [-0.3, -0.25) is 9.59 Å². The van der Waals surface area contributed by atoms with Crippen LogP contribution in [0.25, 0.3) is 0 Å². The smallest absolute Gasteiger partial charge is 0.255 e. The van der Waals surface area contributed by atoms with Crippen LogP contribution >= 0.6 is 0 Å². The highest BCUT2D eigenvalue weighted by atomic mass is 16.2. The molecule has 1 N–H and O–H groups in total. The van der Waals surface area contributed by atoms with Crippen molar-refractivity contribution in [3.63, 3.8) is 0 Å². The molecule has 2 aliphatic rings. The molecule has 1 saturated carbocycles. The number of nitrogens with one attached hydrogen (secondary N) is 1. The quantitative estimate of drug-likeness (QED) is 0.824. The lowest BCUT2D eigenvalue weighted by molar-refractivity contribution is -0.124. The first-order valence-corrected chi connectivity index (χ1v) is 9.55. The number of hydrogen-bond donors (Lipinski definition) is 1. The van der Waals surface area contributed by atoms with E-state index in [1.165, 1.54) is 12.8 Å². The molecule has 3 rings (SSSR count). The number of hydrogen-bond acceptors (Lipinski definition) is 4. The summed E-state index contributed by atoms with van der Waals surface area (Å²) in [6.07, 6.45) is 6.66. The Kier molecular flexibility index (Phi) is 5.71. The fourth-order valence-electron chi connectivity index (χ4n) is 3.37. The van der Waals surface area contributed by atoms with Crippen LogP contribution in [0.1, 0.15) is 56.3 Å². The van der Waals surface area contributed by atoms with E-state index in [2.05, 4.69) is 24.1 Å². The lowest BCUT2D eigenvalue weighted by atomic mass is 9.89. The van der Waals surface area contributed by atoms with Crippen LogP contribution < -0.4 is 5.32 Å². The number of likely N-dealkylation sites (tertiary alicyclic amines) is 1. The number of piperidine rings is 1. The first-order chi connectivity index (χ1) is 12.0. The molecule has 0 spiro atoms. The number of aromatic nitrogens is 1. The van der Waals surface area contributed by atoms with Crippen LogP contribution in [0.2, 0.25) is 0 Å². The average molecular weight is 343 g/mol. The van der Waals surface area contributed by atoms with Gasteiger partial charge in [-0.1, -0.05) is 13.8 Å². The zero-order chi connectivity index (χ0) is 17.8. The normalized spacial score (nSPS) is 20.6. The van der Waals surface area contributed by atoms with Gasteiger partial charge in [0.05, 0.1) is 5.56 Å². The number of nitrogens with zero attached hydrogens (tertiary/aromatic N) is 2. The molecule has 1 aromatic heterocycles. The third kappa shape index (κ3) is 5.03. The fraction of sp³-hybridized carbons (Fsp3) is 0.650. The van der Waals surface area contributed by atoms with Crippen molar-refractivity contribution >= 4 is 17.5 Å². The molecular weight excluding hydrogens is 314 g/mol. The summed E-state index contributed by atoms with van der Waals surface area (Å²) in [5, 5.41) is 3.31. The molecule has 2 heterocycles. The Morgan fingerprint density at radius 3 is 2.72 bits per heavy atom. The van der Waals surface area contributed by atoms with Gasteiger partial charge in [0.15, 0.2) is 0 Å². The Balaban J connectivity index is 1.56. The lowest BCUT2D eigenvalue weighted by Crippen LogP contribution is -2.42. The molecule has 25 heavy (non-hydrogen) atoms. The fourth-order valence-corrected chi connectivity index (χ4v) is 3.37. The van der Waals surface area contributed by atoms with Crippen LogP contribution in [0.4, 0.5) is 5.82 Å². The maximum Gasteiger partial charge on any atom is 0.255 e.